The highest BCUT2D eigenvalue weighted by Gasteiger charge is 2.18. The quantitative estimate of drug-likeness (QED) is 0.788. The number of amides is 1. The lowest BCUT2D eigenvalue weighted by Crippen LogP contribution is -2.39. The van der Waals surface area contributed by atoms with Gasteiger partial charge in [-0.1, -0.05) is 23.7 Å². The highest BCUT2D eigenvalue weighted by atomic mass is 35.5. The Kier molecular flexibility index (Phi) is 6.30. The van der Waals surface area contributed by atoms with Crippen LogP contribution in [0.25, 0.3) is 0 Å². The number of carbonyl (C=O) groups is 1. The molecule has 0 radical (unpaired) electrons. The topological polar surface area (TPSA) is 49.8 Å². The summed E-state index contributed by atoms with van der Waals surface area (Å²) in [5, 5.41) is 10.2. The molecule has 4 nitrogen and oxygen atoms in total. The van der Waals surface area contributed by atoms with Gasteiger partial charge in [0.2, 0.25) is 5.91 Å². The first-order valence-electron chi connectivity index (χ1n) is 6.63. The van der Waals surface area contributed by atoms with Crippen molar-refractivity contribution in [1.82, 2.24) is 4.90 Å². The minimum atomic E-state index is -0.877. The molecule has 0 aliphatic carbocycles. The summed E-state index contributed by atoms with van der Waals surface area (Å²) in [4.78, 5) is 13.4. The highest BCUT2D eigenvalue weighted by Crippen LogP contribution is 2.23. The first kappa shape index (κ1) is 16.8. The number of ether oxygens (including phenoxy) is 1. The molecule has 0 aromatic heterocycles. The Morgan fingerprint density at radius 1 is 1.40 bits per heavy atom. The molecule has 1 amide bonds. The van der Waals surface area contributed by atoms with Crippen LogP contribution in [0, 0.1) is 0 Å². The largest absolute Gasteiger partial charge is 0.492 e. The van der Waals surface area contributed by atoms with Crippen molar-refractivity contribution >= 4 is 17.5 Å². The zero-order valence-corrected chi connectivity index (χ0v) is 13.0. The Labute approximate surface area is 125 Å². The third kappa shape index (κ3) is 6.26. The van der Waals surface area contributed by atoms with Crippen molar-refractivity contribution in [3.05, 3.63) is 29.3 Å². The second kappa shape index (κ2) is 7.50. The maximum absolute atomic E-state index is 11.8. The summed E-state index contributed by atoms with van der Waals surface area (Å²) >= 11 is 5.96. The van der Waals surface area contributed by atoms with E-state index in [2.05, 4.69) is 0 Å². The zero-order valence-electron chi connectivity index (χ0n) is 12.2. The molecule has 1 aromatic carbocycles. The van der Waals surface area contributed by atoms with Crippen LogP contribution >= 0.6 is 11.6 Å². The summed E-state index contributed by atoms with van der Waals surface area (Å²) in [7, 11) is 1.69. The van der Waals surface area contributed by atoms with Gasteiger partial charge in [-0.3, -0.25) is 4.79 Å². The zero-order chi connectivity index (χ0) is 15.2. The Morgan fingerprint density at radius 3 is 2.65 bits per heavy atom. The summed E-state index contributed by atoms with van der Waals surface area (Å²) in [5.41, 5.74) is -0.877. The van der Waals surface area contributed by atoms with Gasteiger partial charge in [0.1, 0.15) is 5.75 Å². The Hall–Kier alpha value is -1.26. The fourth-order valence-electron chi connectivity index (χ4n) is 1.83. The van der Waals surface area contributed by atoms with Crippen molar-refractivity contribution in [3.8, 4) is 5.75 Å². The lowest BCUT2D eigenvalue weighted by atomic mass is 10.1. The monoisotopic (exact) mass is 299 g/mol. The molecule has 0 unspecified atom stereocenters. The summed E-state index contributed by atoms with van der Waals surface area (Å²) < 4.78 is 5.52. The van der Waals surface area contributed by atoms with Crippen molar-refractivity contribution in [2.45, 2.75) is 32.3 Å². The number of nitrogens with zero attached hydrogens (tertiary/aromatic N) is 1. The van der Waals surface area contributed by atoms with Gasteiger partial charge < -0.3 is 14.7 Å². The molecule has 0 aliphatic rings. The molecule has 20 heavy (non-hydrogen) atoms. The van der Waals surface area contributed by atoms with Crippen molar-refractivity contribution in [3.63, 3.8) is 0 Å². The molecular formula is C15H22ClNO3. The Balaban J connectivity index is 2.27. The molecule has 0 heterocycles. The summed E-state index contributed by atoms with van der Waals surface area (Å²) in [6.07, 6.45) is 0.997. The molecule has 0 aliphatic heterocycles. The number of halogens is 1. The smallest absolute Gasteiger partial charge is 0.222 e. The van der Waals surface area contributed by atoms with Crippen LogP contribution < -0.4 is 4.74 Å². The van der Waals surface area contributed by atoms with Crippen LogP contribution in [-0.2, 0) is 4.79 Å². The number of para-hydroxylation sites is 1. The molecule has 0 saturated heterocycles. The molecule has 0 saturated carbocycles. The standard InChI is InChI=1S/C15H22ClNO3/c1-15(2,19)11-17(3)14(18)9-6-10-20-13-8-5-4-7-12(13)16/h4-5,7-8,19H,6,9-11H2,1-3H3. The van der Waals surface area contributed by atoms with Gasteiger partial charge in [-0.15, -0.1) is 0 Å². The molecule has 112 valence electrons. The van der Waals surface area contributed by atoms with E-state index in [9.17, 15) is 9.90 Å². The van der Waals surface area contributed by atoms with Crippen LogP contribution in [0.1, 0.15) is 26.7 Å². The van der Waals surface area contributed by atoms with E-state index in [1.807, 2.05) is 12.1 Å². The number of hydrogen-bond acceptors (Lipinski definition) is 3. The summed E-state index contributed by atoms with van der Waals surface area (Å²) in [5.74, 6) is 0.626. The fourth-order valence-corrected chi connectivity index (χ4v) is 2.02. The van der Waals surface area contributed by atoms with Crippen LogP contribution in [0.15, 0.2) is 24.3 Å². The van der Waals surface area contributed by atoms with E-state index in [0.29, 0.717) is 36.8 Å². The molecule has 1 aromatic rings. The third-order valence-corrected chi connectivity index (χ3v) is 2.99. The SMILES string of the molecule is CN(CC(C)(C)O)C(=O)CCCOc1ccccc1Cl. The lowest BCUT2D eigenvalue weighted by Gasteiger charge is -2.25. The minimum Gasteiger partial charge on any atom is -0.492 e. The van der Waals surface area contributed by atoms with Crippen molar-refractivity contribution in [1.29, 1.82) is 0 Å². The molecule has 5 heteroatoms. The summed E-state index contributed by atoms with van der Waals surface area (Å²) in [6, 6.07) is 7.25. The molecule has 0 atom stereocenters. The highest BCUT2D eigenvalue weighted by molar-refractivity contribution is 6.32. The predicted molar refractivity (Wildman–Crippen MR) is 80.1 cm³/mol. The molecular weight excluding hydrogens is 278 g/mol. The first-order valence-corrected chi connectivity index (χ1v) is 7.01. The lowest BCUT2D eigenvalue weighted by molar-refractivity contribution is -0.132. The number of hydrogen-bond donors (Lipinski definition) is 1. The van der Waals surface area contributed by atoms with E-state index >= 15 is 0 Å². The van der Waals surface area contributed by atoms with Crippen LogP contribution in [-0.4, -0.2) is 41.7 Å². The molecule has 0 fully saturated rings. The van der Waals surface area contributed by atoms with Gasteiger partial charge in [0.25, 0.3) is 0 Å². The van der Waals surface area contributed by atoms with Gasteiger partial charge in [0.15, 0.2) is 0 Å². The molecule has 1 rings (SSSR count). The van der Waals surface area contributed by atoms with Crippen LogP contribution in [0.5, 0.6) is 5.75 Å². The maximum Gasteiger partial charge on any atom is 0.222 e. The van der Waals surface area contributed by atoms with E-state index in [0.717, 1.165) is 0 Å². The Bertz CT molecular complexity index is 443. The average molecular weight is 300 g/mol. The van der Waals surface area contributed by atoms with E-state index in [4.69, 9.17) is 16.3 Å². The second-order valence-corrected chi connectivity index (χ2v) is 5.85. The normalized spacial score (nSPS) is 11.2. The van der Waals surface area contributed by atoms with Gasteiger partial charge in [-0.25, -0.2) is 0 Å². The second-order valence-electron chi connectivity index (χ2n) is 5.44. The first-order chi connectivity index (χ1) is 9.29. The number of likely N-dealkylation sites (N-methyl/N-ethyl adjacent to an activating group) is 1. The number of aliphatic hydroxyl groups is 1. The van der Waals surface area contributed by atoms with E-state index in [-0.39, 0.29) is 5.91 Å². The Morgan fingerprint density at radius 2 is 2.05 bits per heavy atom. The molecule has 0 spiro atoms. The fraction of sp³-hybridized carbons (Fsp3) is 0.533. The maximum atomic E-state index is 11.8. The van der Waals surface area contributed by atoms with Crippen molar-refractivity contribution in [2.24, 2.45) is 0 Å². The third-order valence-electron chi connectivity index (χ3n) is 2.68. The van der Waals surface area contributed by atoms with E-state index < -0.39 is 5.60 Å². The average Bonchev–Trinajstić information content (AvgIpc) is 2.34. The predicted octanol–water partition coefficient (Wildman–Crippen LogP) is 2.73. The van der Waals surface area contributed by atoms with Crippen LogP contribution in [0.2, 0.25) is 5.02 Å². The van der Waals surface area contributed by atoms with Gasteiger partial charge in [-0.05, 0) is 32.4 Å². The van der Waals surface area contributed by atoms with Crippen LogP contribution in [0.4, 0.5) is 0 Å². The summed E-state index contributed by atoms with van der Waals surface area (Å²) in [6.45, 7) is 4.11. The van der Waals surface area contributed by atoms with Gasteiger partial charge >= 0.3 is 0 Å². The van der Waals surface area contributed by atoms with Crippen molar-refractivity contribution < 1.29 is 14.6 Å². The number of rotatable bonds is 7. The van der Waals surface area contributed by atoms with Gasteiger partial charge in [0, 0.05) is 20.0 Å². The number of benzene rings is 1. The van der Waals surface area contributed by atoms with E-state index in [1.165, 1.54) is 4.90 Å². The minimum absolute atomic E-state index is 0.00474. The molecule has 0 bridgehead atoms. The van der Waals surface area contributed by atoms with Crippen molar-refractivity contribution in [2.75, 3.05) is 20.2 Å². The van der Waals surface area contributed by atoms with Gasteiger partial charge in [-0.2, -0.15) is 0 Å². The van der Waals surface area contributed by atoms with Crippen LogP contribution in [0.3, 0.4) is 0 Å². The van der Waals surface area contributed by atoms with Gasteiger partial charge in [0.05, 0.1) is 17.2 Å². The van der Waals surface area contributed by atoms with E-state index in [1.54, 1.807) is 33.0 Å². The molecule has 1 N–H and O–H groups in total. The number of carbonyl (C=O) groups excluding carboxylic acids is 1.